The molecule has 0 aliphatic carbocycles. The third-order valence-electron chi connectivity index (χ3n) is 11.9. The zero-order valence-corrected chi connectivity index (χ0v) is 45.9. The zero-order valence-electron chi connectivity index (χ0n) is 45.9. The highest BCUT2D eigenvalue weighted by Crippen LogP contribution is 2.12. The Kier molecular flexibility index (Phi) is 54.9. The van der Waals surface area contributed by atoms with Gasteiger partial charge in [-0.1, -0.05) is 219 Å². The highest BCUT2D eigenvalue weighted by Gasteiger charge is 2.19. The minimum atomic E-state index is -0.828. The fourth-order valence-corrected chi connectivity index (χ4v) is 7.51. The summed E-state index contributed by atoms with van der Waals surface area (Å²) in [5.41, 5.74) is 0. The molecule has 0 radical (unpaired) electrons. The Morgan fingerprint density at radius 1 is 0.282 bits per heavy atom. The highest BCUT2D eigenvalue weighted by atomic mass is 16.6. The second-order valence-corrected chi connectivity index (χ2v) is 18.8. The van der Waals surface area contributed by atoms with Crippen molar-refractivity contribution in [1.82, 2.24) is 0 Å². The van der Waals surface area contributed by atoms with Crippen molar-refractivity contribution in [3.63, 3.8) is 0 Å². The van der Waals surface area contributed by atoms with Gasteiger partial charge in [0.2, 0.25) is 0 Å². The van der Waals surface area contributed by atoms with Crippen LogP contribution in [0.5, 0.6) is 0 Å². The number of ether oxygens (including phenoxy) is 3. The molecule has 0 bridgehead atoms. The van der Waals surface area contributed by atoms with E-state index in [1.165, 1.54) is 96.3 Å². The second-order valence-electron chi connectivity index (χ2n) is 18.8. The fraction of sp³-hybridized carbons (Fsp3) is 0.646. The summed E-state index contributed by atoms with van der Waals surface area (Å²) < 4.78 is 16.8. The molecular weight excluding hydrogens is 877 g/mol. The topological polar surface area (TPSA) is 78.9 Å². The average molecular weight is 984 g/mol. The van der Waals surface area contributed by atoms with Gasteiger partial charge in [-0.15, -0.1) is 0 Å². The summed E-state index contributed by atoms with van der Waals surface area (Å²) in [5.74, 6) is -1.03. The molecule has 0 fully saturated rings. The maximum atomic E-state index is 12.9. The van der Waals surface area contributed by atoms with E-state index < -0.39 is 6.10 Å². The number of hydrogen-bond donors (Lipinski definition) is 0. The van der Waals surface area contributed by atoms with E-state index in [0.29, 0.717) is 12.8 Å². The van der Waals surface area contributed by atoms with E-state index in [1.54, 1.807) is 0 Å². The minimum Gasteiger partial charge on any atom is -0.462 e. The summed E-state index contributed by atoms with van der Waals surface area (Å²) in [5, 5.41) is 0. The highest BCUT2D eigenvalue weighted by molar-refractivity contribution is 5.71. The Balaban J connectivity index is 4.58. The summed E-state index contributed by atoms with van der Waals surface area (Å²) in [6, 6.07) is 0. The summed E-state index contributed by atoms with van der Waals surface area (Å²) in [4.78, 5) is 38.2. The number of esters is 3. The number of unbranched alkanes of at least 4 members (excludes halogenated alkanes) is 20. The molecular formula is C65H106O6. The van der Waals surface area contributed by atoms with Gasteiger partial charge in [0.1, 0.15) is 13.2 Å². The van der Waals surface area contributed by atoms with Crippen LogP contribution in [0.1, 0.15) is 252 Å². The van der Waals surface area contributed by atoms with Crippen molar-refractivity contribution in [2.75, 3.05) is 13.2 Å². The lowest BCUT2D eigenvalue weighted by atomic mass is 10.1. The van der Waals surface area contributed by atoms with Crippen LogP contribution in [0.25, 0.3) is 0 Å². The molecule has 0 N–H and O–H groups in total. The molecule has 0 rings (SSSR count). The van der Waals surface area contributed by atoms with Crippen molar-refractivity contribution in [3.8, 4) is 0 Å². The summed E-state index contributed by atoms with van der Waals surface area (Å²) >= 11 is 0. The summed E-state index contributed by atoms with van der Waals surface area (Å²) in [6.07, 6.45) is 80.4. The van der Waals surface area contributed by atoms with Crippen LogP contribution < -0.4 is 0 Å². The Labute approximate surface area is 437 Å². The number of carbonyl (C=O) groups excluding carboxylic acids is 3. The van der Waals surface area contributed by atoms with Gasteiger partial charge in [-0.05, 0) is 135 Å². The van der Waals surface area contributed by atoms with E-state index in [1.807, 2.05) is 0 Å². The van der Waals surface area contributed by atoms with Crippen molar-refractivity contribution in [2.24, 2.45) is 0 Å². The molecule has 71 heavy (non-hydrogen) atoms. The molecule has 6 nitrogen and oxygen atoms in total. The van der Waals surface area contributed by atoms with Crippen LogP contribution in [0.15, 0.2) is 122 Å². The van der Waals surface area contributed by atoms with Crippen molar-refractivity contribution < 1.29 is 28.6 Å². The molecule has 0 saturated heterocycles. The fourth-order valence-electron chi connectivity index (χ4n) is 7.51. The van der Waals surface area contributed by atoms with E-state index in [2.05, 4.69) is 142 Å². The summed E-state index contributed by atoms with van der Waals surface area (Å²) in [6.45, 7) is 6.48. The Morgan fingerprint density at radius 2 is 0.521 bits per heavy atom. The van der Waals surface area contributed by atoms with E-state index in [4.69, 9.17) is 14.2 Å². The molecule has 402 valence electrons. The van der Waals surface area contributed by atoms with Gasteiger partial charge in [0.25, 0.3) is 0 Å². The lowest BCUT2D eigenvalue weighted by molar-refractivity contribution is -0.167. The van der Waals surface area contributed by atoms with Crippen LogP contribution in [0.2, 0.25) is 0 Å². The second kappa shape index (κ2) is 58.4. The van der Waals surface area contributed by atoms with Crippen molar-refractivity contribution in [2.45, 2.75) is 258 Å². The van der Waals surface area contributed by atoms with Gasteiger partial charge >= 0.3 is 17.9 Å². The van der Waals surface area contributed by atoms with E-state index in [-0.39, 0.29) is 44.0 Å². The molecule has 0 aromatic rings. The molecule has 0 unspecified atom stereocenters. The maximum absolute atomic E-state index is 12.9. The summed E-state index contributed by atoms with van der Waals surface area (Å²) in [7, 11) is 0. The first-order chi connectivity index (χ1) is 35.0. The smallest absolute Gasteiger partial charge is 0.306 e. The van der Waals surface area contributed by atoms with Gasteiger partial charge < -0.3 is 14.2 Å². The number of allylic oxidation sites excluding steroid dienone is 20. The van der Waals surface area contributed by atoms with E-state index in [0.717, 1.165) is 109 Å². The van der Waals surface area contributed by atoms with Crippen LogP contribution in [-0.4, -0.2) is 37.2 Å². The van der Waals surface area contributed by atoms with Gasteiger partial charge in [0, 0.05) is 19.3 Å². The van der Waals surface area contributed by atoms with Gasteiger partial charge in [-0.3, -0.25) is 14.4 Å². The Bertz CT molecular complexity index is 1500. The van der Waals surface area contributed by atoms with Crippen LogP contribution in [-0.2, 0) is 28.6 Å². The van der Waals surface area contributed by atoms with Crippen molar-refractivity contribution >= 4 is 17.9 Å². The van der Waals surface area contributed by atoms with Crippen LogP contribution in [0.4, 0.5) is 0 Å². The Morgan fingerprint density at radius 3 is 0.887 bits per heavy atom. The predicted molar refractivity (Wildman–Crippen MR) is 306 cm³/mol. The van der Waals surface area contributed by atoms with Gasteiger partial charge in [0.15, 0.2) is 6.10 Å². The normalized spacial score (nSPS) is 13.0. The van der Waals surface area contributed by atoms with Crippen LogP contribution >= 0.6 is 0 Å². The van der Waals surface area contributed by atoms with E-state index >= 15 is 0 Å². The lowest BCUT2D eigenvalue weighted by Gasteiger charge is -2.18. The third-order valence-corrected chi connectivity index (χ3v) is 11.9. The number of carbonyl (C=O) groups is 3. The van der Waals surface area contributed by atoms with Crippen molar-refractivity contribution in [1.29, 1.82) is 0 Å². The molecule has 0 amide bonds. The molecule has 6 heteroatoms. The van der Waals surface area contributed by atoms with Crippen molar-refractivity contribution in [3.05, 3.63) is 122 Å². The first-order valence-corrected chi connectivity index (χ1v) is 29.0. The van der Waals surface area contributed by atoms with Crippen LogP contribution in [0, 0.1) is 0 Å². The zero-order chi connectivity index (χ0) is 51.4. The molecule has 0 aliphatic heterocycles. The predicted octanol–water partition coefficient (Wildman–Crippen LogP) is 19.6. The number of rotatable bonds is 51. The average Bonchev–Trinajstić information content (AvgIpc) is 3.37. The first kappa shape index (κ1) is 66.8. The number of hydrogen-bond acceptors (Lipinski definition) is 6. The van der Waals surface area contributed by atoms with E-state index in [9.17, 15) is 14.4 Å². The lowest BCUT2D eigenvalue weighted by Crippen LogP contribution is -2.30. The standard InChI is InChI=1S/C65H106O6/c1-4-7-10-13-16-19-22-25-28-31-32-35-37-40-43-46-49-52-55-58-64(67)70-61-62(71-65(68)59-56-53-50-47-44-41-38-34-30-27-24-21-18-15-12-9-6-3)60-69-63(66)57-54-51-48-45-42-39-36-33-29-26-23-20-17-14-11-8-5-2/h16,18-19,21,25-30,32,35-36,38-41,43,45,48,62H,4-15,17,20,22-24,31,33-34,37,42,44,46-47,49-61H2,1-3H3/b19-16-,21-18-,28-25-,29-26-,30-27-,35-32-,39-36-,41-38-,43-40-,48-45-/t62-/m0/s1. The first-order valence-electron chi connectivity index (χ1n) is 29.0. The SMILES string of the molecule is CCCCC/C=C\C/C=C\C/C=C\C/C=C\CCCCCC(=O)OC[C@H](COC(=O)CCC/C=C\C/C=C\C/C=C\CCCCCCCC)OC(=O)CCCCCC/C=C\C/C=C\C/C=C\CCCCC. The molecule has 0 aromatic heterocycles. The van der Waals surface area contributed by atoms with Crippen LogP contribution in [0.3, 0.4) is 0 Å². The quantitative estimate of drug-likeness (QED) is 0.0261. The molecule has 0 aromatic carbocycles. The van der Waals surface area contributed by atoms with Gasteiger partial charge in [-0.2, -0.15) is 0 Å². The maximum Gasteiger partial charge on any atom is 0.306 e. The molecule has 0 heterocycles. The molecule has 0 saturated carbocycles. The monoisotopic (exact) mass is 983 g/mol. The minimum absolute atomic E-state index is 0.123. The third kappa shape index (κ3) is 56.6. The van der Waals surface area contributed by atoms with Gasteiger partial charge in [-0.25, -0.2) is 0 Å². The molecule has 0 spiro atoms. The molecule has 0 aliphatic rings. The van der Waals surface area contributed by atoms with Gasteiger partial charge in [0.05, 0.1) is 0 Å². The Hall–Kier alpha value is -4.19. The molecule has 1 atom stereocenters. The largest absolute Gasteiger partial charge is 0.462 e.